The Kier molecular flexibility index (Phi) is 4.81. The minimum absolute atomic E-state index is 0.691. The number of ether oxygens (including phenoxy) is 1. The van der Waals surface area contributed by atoms with Crippen molar-refractivity contribution in [3.63, 3.8) is 0 Å². The van der Waals surface area contributed by atoms with E-state index >= 15 is 0 Å². The Balaban J connectivity index is 2.25. The monoisotopic (exact) mass is 346 g/mol. The summed E-state index contributed by atoms with van der Waals surface area (Å²) in [4.78, 5) is 10.5. The lowest BCUT2D eigenvalue weighted by molar-refractivity contribution is -0.131. The summed E-state index contributed by atoms with van der Waals surface area (Å²) < 4.78 is 6.69. The largest absolute Gasteiger partial charge is 0.478 e. The van der Waals surface area contributed by atoms with Gasteiger partial charge in [0.05, 0.1) is 4.47 Å². The van der Waals surface area contributed by atoms with Gasteiger partial charge in [-0.1, -0.05) is 18.2 Å². The second-order valence-electron chi connectivity index (χ2n) is 4.66. The van der Waals surface area contributed by atoms with Crippen molar-refractivity contribution in [1.82, 2.24) is 0 Å². The number of aryl methyl sites for hydroxylation is 1. The van der Waals surface area contributed by atoms with Crippen molar-refractivity contribution in [2.75, 3.05) is 0 Å². The van der Waals surface area contributed by atoms with Crippen LogP contribution in [-0.2, 0) is 4.79 Å². The molecule has 0 bridgehead atoms. The summed E-state index contributed by atoms with van der Waals surface area (Å²) in [7, 11) is 0. The third-order valence-corrected chi connectivity index (χ3v) is 3.77. The van der Waals surface area contributed by atoms with Crippen molar-refractivity contribution < 1.29 is 14.6 Å². The molecular formula is C17H15BrO3. The van der Waals surface area contributed by atoms with Gasteiger partial charge in [0, 0.05) is 6.08 Å². The molecule has 4 heteroatoms. The predicted octanol–water partition coefficient (Wildman–Crippen LogP) is 4.96. The van der Waals surface area contributed by atoms with Gasteiger partial charge in [0.2, 0.25) is 0 Å². The number of aliphatic carboxylic acids is 1. The quantitative estimate of drug-likeness (QED) is 0.796. The van der Waals surface area contributed by atoms with Crippen LogP contribution in [0.25, 0.3) is 6.08 Å². The van der Waals surface area contributed by atoms with Crippen LogP contribution in [-0.4, -0.2) is 11.1 Å². The summed E-state index contributed by atoms with van der Waals surface area (Å²) in [5.41, 5.74) is 3.06. The van der Waals surface area contributed by atoms with Crippen LogP contribution in [0.15, 0.2) is 46.9 Å². The van der Waals surface area contributed by atoms with E-state index in [9.17, 15) is 4.79 Å². The lowest BCUT2D eigenvalue weighted by Gasteiger charge is -2.12. The van der Waals surface area contributed by atoms with Crippen molar-refractivity contribution in [2.45, 2.75) is 13.8 Å². The average Bonchev–Trinajstić information content (AvgIpc) is 2.44. The van der Waals surface area contributed by atoms with Gasteiger partial charge in [0.15, 0.2) is 0 Å². The highest BCUT2D eigenvalue weighted by Gasteiger charge is 2.07. The summed E-state index contributed by atoms with van der Waals surface area (Å²) in [6.07, 6.45) is 2.64. The molecule has 0 heterocycles. The fourth-order valence-electron chi connectivity index (χ4n) is 1.82. The van der Waals surface area contributed by atoms with Crippen molar-refractivity contribution >= 4 is 28.0 Å². The number of rotatable bonds is 4. The number of hydrogen-bond donors (Lipinski definition) is 1. The van der Waals surface area contributed by atoms with Crippen molar-refractivity contribution in [2.24, 2.45) is 0 Å². The Morgan fingerprint density at radius 2 is 1.95 bits per heavy atom. The minimum atomic E-state index is -0.971. The first kappa shape index (κ1) is 15.3. The van der Waals surface area contributed by atoms with Crippen LogP contribution in [0.4, 0.5) is 0 Å². The molecule has 0 amide bonds. The Hall–Kier alpha value is -2.07. The molecule has 0 unspecified atom stereocenters. The SMILES string of the molecule is Cc1cccc(Oc2ccc(/C=C/C(=O)O)cc2Br)c1C. The van der Waals surface area contributed by atoms with Gasteiger partial charge in [-0.15, -0.1) is 0 Å². The van der Waals surface area contributed by atoms with Crippen molar-refractivity contribution in [3.8, 4) is 11.5 Å². The van der Waals surface area contributed by atoms with Crippen LogP contribution in [0, 0.1) is 13.8 Å². The maximum atomic E-state index is 10.5. The highest BCUT2D eigenvalue weighted by Crippen LogP contribution is 2.33. The number of carboxylic acid groups (broad SMARTS) is 1. The Bertz CT molecular complexity index is 705. The van der Waals surface area contributed by atoms with E-state index in [4.69, 9.17) is 9.84 Å². The zero-order valence-electron chi connectivity index (χ0n) is 11.8. The lowest BCUT2D eigenvalue weighted by Crippen LogP contribution is -1.91. The fraction of sp³-hybridized carbons (Fsp3) is 0.118. The Morgan fingerprint density at radius 1 is 1.19 bits per heavy atom. The van der Waals surface area contributed by atoms with Crippen molar-refractivity contribution in [3.05, 3.63) is 63.6 Å². The molecule has 0 fully saturated rings. The van der Waals surface area contributed by atoms with Crippen LogP contribution in [0.5, 0.6) is 11.5 Å². The normalized spacial score (nSPS) is 10.8. The lowest BCUT2D eigenvalue weighted by atomic mass is 10.1. The number of benzene rings is 2. The number of carbonyl (C=O) groups is 1. The van der Waals surface area contributed by atoms with E-state index in [2.05, 4.69) is 15.9 Å². The third-order valence-electron chi connectivity index (χ3n) is 3.15. The Labute approximate surface area is 132 Å². The van der Waals surface area contributed by atoms with Crippen LogP contribution >= 0.6 is 15.9 Å². The molecule has 0 atom stereocenters. The summed E-state index contributed by atoms with van der Waals surface area (Å²) >= 11 is 3.45. The zero-order valence-corrected chi connectivity index (χ0v) is 13.3. The molecule has 2 aromatic carbocycles. The highest BCUT2D eigenvalue weighted by molar-refractivity contribution is 9.10. The molecule has 0 spiro atoms. The molecule has 2 rings (SSSR count). The first-order valence-corrected chi connectivity index (χ1v) is 7.21. The van der Waals surface area contributed by atoms with Gasteiger partial charge in [-0.3, -0.25) is 0 Å². The topological polar surface area (TPSA) is 46.5 Å². The van der Waals surface area contributed by atoms with Gasteiger partial charge < -0.3 is 9.84 Å². The molecule has 2 aromatic rings. The van der Waals surface area contributed by atoms with E-state index < -0.39 is 5.97 Å². The van der Waals surface area contributed by atoms with E-state index in [1.165, 1.54) is 11.6 Å². The average molecular weight is 347 g/mol. The fourth-order valence-corrected chi connectivity index (χ4v) is 2.30. The smallest absolute Gasteiger partial charge is 0.328 e. The first-order chi connectivity index (χ1) is 9.97. The highest BCUT2D eigenvalue weighted by atomic mass is 79.9. The standard InChI is InChI=1S/C17H15BrO3/c1-11-4-3-5-15(12(11)2)21-16-8-6-13(10-14(16)18)7-9-17(19)20/h3-10H,1-2H3,(H,19,20)/b9-7+. The summed E-state index contributed by atoms with van der Waals surface area (Å²) in [6, 6.07) is 11.4. The molecule has 0 aliphatic rings. The molecule has 3 nitrogen and oxygen atoms in total. The van der Waals surface area contributed by atoms with E-state index in [-0.39, 0.29) is 0 Å². The van der Waals surface area contributed by atoms with Gasteiger partial charge in [0.1, 0.15) is 11.5 Å². The van der Waals surface area contributed by atoms with Gasteiger partial charge in [-0.2, -0.15) is 0 Å². The predicted molar refractivity (Wildman–Crippen MR) is 86.8 cm³/mol. The van der Waals surface area contributed by atoms with Crippen LogP contribution < -0.4 is 4.74 Å². The van der Waals surface area contributed by atoms with Crippen LogP contribution in [0.3, 0.4) is 0 Å². The van der Waals surface area contributed by atoms with E-state index in [0.717, 1.165) is 27.4 Å². The minimum Gasteiger partial charge on any atom is -0.478 e. The van der Waals surface area contributed by atoms with Gasteiger partial charge in [0.25, 0.3) is 0 Å². The number of carboxylic acids is 1. The first-order valence-electron chi connectivity index (χ1n) is 6.42. The van der Waals surface area contributed by atoms with E-state index in [1.807, 2.05) is 50.2 Å². The van der Waals surface area contributed by atoms with Crippen LogP contribution in [0.2, 0.25) is 0 Å². The van der Waals surface area contributed by atoms with E-state index in [0.29, 0.717) is 5.75 Å². The van der Waals surface area contributed by atoms with E-state index in [1.54, 1.807) is 0 Å². The molecule has 21 heavy (non-hydrogen) atoms. The Morgan fingerprint density at radius 3 is 2.62 bits per heavy atom. The molecule has 0 aromatic heterocycles. The maximum absolute atomic E-state index is 10.5. The van der Waals surface area contributed by atoms with Gasteiger partial charge in [-0.05, 0) is 70.7 Å². The van der Waals surface area contributed by atoms with Gasteiger partial charge in [-0.25, -0.2) is 4.79 Å². The molecular weight excluding hydrogens is 332 g/mol. The second-order valence-corrected chi connectivity index (χ2v) is 5.52. The second kappa shape index (κ2) is 6.59. The number of hydrogen-bond acceptors (Lipinski definition) is 2. The molecule has 108 valence electrons. The van der Waals surface area contributed by atoms with Gasteiger partial charge >= 0.3 is 5.97 Å². The molecule has 0 aliphatic carbocycles. The summed E-state index contributed by atoms with van der Waals surface area (Å²) in [5.74, 6) is 0.530. The molecule has 0 saturated carbocycles. The molecule has 1 N–H and O–H groups in total. The summed E-state index contributed by atoms with van der Waals surface area (Å²) in [6.45, 7) is 4.06. The maximum Gasteiger partial charge on any atom is 0.328 e. The zero-order chi connectivity index (χ0) is 15.4. The molecule has 0 saturated heterocycles. The van der Waals surface area contributed by atoms with Crippen LogP contribution in [0.1, 0.15) is 16.7 Å². The third kappa shape index (κ3) is 3.95. The molecule has 0 radical (unpaired) electrons. The van der Waals surface area contributed by atoms with Crippen molar-refractivity contribution in [1.29, 1.82) is 0 Å². The number of halogens is 1. The summed E-state index contributed by atoms with van der Waals surface area (Å²) in [5, 5.41) is 8.63. The molecule has 0 aliphatic heterocycles.